The van der Waals surface area contributed by atoms with Crippen molar-refractivity contribution in [3.05, 3.63) is 56.2 Å². The second-order valence-electron chi connectivity index (χ2n) is 4.86. The molecule has 3 rings (SSSR count). The van der Waals surface area contributed by atoms with Crippen LogP contribution in [0.3, 0.4) is 0 Å². The second-order valence-corrected chi connectivity index (χ2v) is 6.63. The van der Waals surface area contributed by atoms with E-state index in [2.05, 4.69) is 15.9 Å². The van der Waals surface area contributed by atoms with Crippen molar-refractivity contribution >= 4 is 39.1 Å². The van der Waals surface area contributed by atoms with Crippen molar-refractivity contribution in [3.63, 3.8) is 0 Å². The zero-order valence-corrected chi connectivity index (χ0v) is 13.4. The van der Waals surface area contributed by atoms with Crippen LogP contribution in [0.15, 0.2) is 40.2 Å². The molecule has 1 aliphatic heterocycles. The number of amides is 1. The number of hydrogen-bond donors (Lipinski definition) is 1. The molecule has 0 radical (unpaired) electrons. The Balaban J connectivity index is 1.98. The minimum Gasteiger partial charge on any atom is -0.480 e. The topological polar surface area (TPSA) is 57.6 Å². The monoisotopic (exact) mass is 365 g/mol. The number of carboxylic acid groups (broad SMARTS) is 1. The summed E-state index contributed by atoms with van der Waals surface area (Å²) in [5.74, 6) is -1.20. The van der Waals surface area contributed by atoms with Crippen molar-refractivity contribution < 1.29 is 14.7 Å². The maximum absolute atomic E-state index is 12.6. The van der Waals surface area contributed by atoms with E-state index in [4.69, 9.17) is 0 Å². The summed E-state index contributed by atoms with van der Waals surface area (Å²) in [4.78, 5) is 26.2. The average Bonchev–Trinajstić information content (AvgIpc) is 2.91. The van der Waals surface area contributed by atoms with E-state index in [9.17, 15) is 14.7 Å². The van der Waals surface area contributed by atoms with Gasteiger partial charge in [-0.1, -0.05) is 24.3 Å². The van der Waals surface area contributed by atoms with Gasteiger partial charge in [0.05, 0.1) is 0 Å². The molecule has 1 amide bonds. The summed E-state index contributed by atoms with van der Waals surface area (Å²) in [6.07, 6.45) is 0.347. The van der Waals surface area contributed by atoms with Gasteiger partial charge in [-0.25, -0.2) is 4.79 Å². The Hall–Kier alpha value is -1.66. The summed E-state index contributed by atoms with van der Waals surface area (Å²) in [6.45, 7) is 0.330. The zero-order valence-electron chi connectivity index (χ0n) is 11.0. The van der Waals surface area contributed by atoms with Crippen LogP contribution in [0, 0.1) is 0 Å². The van der Waals surface area contributed by atoms with Crippen molar-refractivity contribution in [1.29, 1.82) is 0 Å². The first kappa shape index (κ1) is 14.3. The fraction of sp³-hybridized carbons (Fsp3) is 0.200. The van der Waals surface area contributed by atoms with Crippen LogP contribution in [0.1, 0.15) is 20.8 Å². The van der Waals surface area contributed by atoms with Crippen LogP contribution in [0.25, 0.3) is 0 Å². The molecule has 2 heterocycles. The molecule has 4 nitrogen and oxygen atoms in total. The largest absolute Gasteiger partial charge is 0.480 e. The molecule has 6 heteroatoms. The summed E-state index contributed by atoms with van der Waals surface area (Å²) in [6, 6.07) is 8.65. The van der Waals surface area contributed by atoms with Gasteiger partial charge in [0.15, 0.2) is 0 Å². The number of halogens is 1. The van der Waals surface area contributed by atoms with Gasteiger partial charge in [-0.15, -0.1) is 11.3 Å². The number of carboxylic acids is 1. The molecule has 0 fully saturated rings. The quantitative estimate of drug-likeness (QED) is 0.888. The highest BCUT2D eigenvalue weighted by molar-refractivity contribution is 9.10. The first-order valence-electron chi connectivity index (χ1n) is 6.41. The van der Waals surface area contributed by atoms with Crippen molar-refractivity contribution in [2.75, 3.05) is 0 Å². The molecule has 0 aliphatic carbocycles. The summed E-state index contributed by atoms with van der Waals surface area (Å²) >= 11 is 4.65. The average molecular weight is 366 g/mol. The summed E-state index contributed by atoms with van der Waals surface area (Å²) in [5, 5.41) is 11.3. The molecular formula is C15H12BrNO3S. The Labute approximate surface area is 134 Å². The number of carbonyl (C=O) groups excluding carboxylic acids is 1. The summed E-state index contributed by atoms with van der Waals surface area (Å²) in [7, 11) is 0. The molecule has 0 saturated carbocycles. The standard InChI is InChI=1S/C15H12BrNO3S/c16-11-5-6-21-13(11)14(18)17-8-10-4-2-1-3-9(10)7-12(17)15(19)20/h1-6,12H,7-8H2,(H,19,20). The molecule has 1 atom stereocenters. The molecule has 1 aliphatic rings. The number of benzene rings is 1. The van der Waals surface area contributed by atoms with E-state index in [1.165, 1.54) is 16.2 Å². The normalized spacial score (nSPS) is 17.4. The Morgan fingerprint density at radius 2 is 1.95 bits per heavy atom. The number of thiophene rings is 1. The van der Waals surface area contributed by atoms with E-state index in [1.54, 1.807) is 6.07 Å². The Morgan fingerprint density at radius 3 is 2.57 bits per heavy atom. The third-order valence-corrected chi connectivity index (χ3v) is 5.43. The molecule has 0 spiro atoms. The van der Waals surface area contributed by atoms with Gasteiger partial charge < -0.3 is 10.0 Å². The van der Waals surface area contributed by atoms with Crippen LogP contribution in [-0.2, 0) is 17.8 Å². The van der Waals surface area contributed by atoms with Crippen LogP contribution < -0.4 is 0 Å². The molecule has 21 heavy (non-hydrogen) atoms. The number of fused-ring (bicyclic) bond motifs is 1. The fourth-order valence-electron chi connectivity index (χ4n) is 2.53. The van der Waals surface area contributed by atoms with Crippen LogP contribution in [0.2, 0.25) is 0 Å². The lowest BCUT2D eigenvalue weighted by Gasteiger charge is -2.34. The lowest BCUT2D eigenvalue weighted by molar-refractivity contribution is -0.142. The van der Waals surface area contributed by atoms with E-state index >= 15 is 0 Å². The number of carbonyl (C=O) groups is 2. The molecule has 1 aromatic carbocycles. The van der Waals surface area contributed by atoms with E-state index in [-0.39, 0.29) is 5.91 Å². The minimum atomic E-state index is -0.967. The predicted molar refractivity (Wildman–Crippen MR) is 83.5 cm³/mol. The molecule has 1 aromatic heterocycles. The molecule has 108 valence electrons. The van der Waals surface area contributed by atoms with E-state index < -0.39 is 12.0 Å². The molecule has 2 aromatic rings. The first-order chi connectivity index (χ1) is 10.1. The van der Waals surface area contributed by atoms with Gasteiger partial charge in [0.1, 0.15) is 10.9 Å². The van der Waals surface area contributed by atoms with Gasteiger partial charge in [-0.2, -0.15) is 0 Å². The van der Waals surface area contributed by atoms with Crippen molar-refractivity contribution in [2.24, 2.45) is 0 Å². The van der Waals surface area contributed by atoms with Crippen LogP contribution in [0.5, 0.6) is 0 Å². The van der Waals surface area contributed by atoms with Gasteiger partial charge in [0.2, 0.25) is 0 Å². The van der Waals surface area contributed by atoms with Crippen molar-refractivity contribution in [2.45, 2.75) is 19.0 Å². The Kier molecular flexibility index (Phi) is 3.82. The maximum atomic E-state index is 12.6. The fourth-order valence-corrected chi connectivity index (χ4v) is 4.03. The van der Waals surface area contributed by atoms with Crippen LogP contribution >= 0.6 is 27.3 Å². The summed E-state index contributed by atoms with van der Waals surface area (Å²) < 4.78 is 0.709. The SMILES string of the molecule is O=C(O)C1Cc2ccccc2CN1C(=O)c1sccc1Br. The van der Waals surface area contributed by atoms with Crippen molar-refractivity contribution in [1.82, 2.24) is 4.90 Å². The van der Waals surface area contributed by atoms with E-state index in [0.717, 1.165) is 11.1 Å². The number of hydrogen-bond acceptors (Lipinski definition) is 3. The highest BCUT2D eigenvalue weighted by atomic mass is 79.9. The smallest absolute Gasteiger partial charge is 0.326 e. The van der Waals surface area contributed by atoms with Gasteiger partial charge >= 0.3 is 5.97 Å². The molecule has 1 N–H and O–H groups in total. The number of nitrogens with zero attached hydrogens (tertiary/aromatic N) is 1. The van der Waals surface area contributed by atoms with Gasteiger partial charge in [-0.05, 0) is 38.5 Å². The second kappa shape index (κ2) is 5.61. The lowest BCUT2D eigenvalue weighted by atomic mass is 9.94. The first-order valence-corrected chi connectivity index (χ1v) is 8.08. The Bertz CT molecular complexity index is 712. The van der Waals surface area contributed by atoms with Crippen LogP contribution in [0.4, 0.5) is 0 Å². The molecule has 0 bridgehead atoms. The predicted octanol–water partition coefficient (Wildman–Crippen LogP) is 3.16. The molecule has 1 unspecified atom stereocenters. The van der Waals surface area contributed by atoms with E-state index in [0.29, 0.717) is 22.3 Å². The third-order valence-electron chi connectivity index (χ3n) is 3.61. The van der Waals surface area contributed by atoms with E-state index in [1.807, 2.05) is 29.6 Å². The third kappa shape index (κ3) is 2.61. The molecular weight excluding hydrogens is 354 g/mol. The maximum Gasteiger partial charge on any atom is 0.326 e. The highest BCUT2D eigenvalue weighted by Crippen LogP contribution is 2.29. The summed E-state index contributed by atoms with van der Waals surface area (Å²) in [5.41, 5.74) is 2.01. The Morgan fingerprint density at radius 1 is 1.24 bits per heavy atom. The van der Waals surface area contributed by atoms with Gasteiger partial charge in [0, 0.05) is 17.4 Å². The van der Waals surface area contributed by atoms with Crippen molar-refractivity contribution in [3.8, 4) is 0 Å². The van der Waals surface area contributed by atoms with Gasteiger partial charge in [0.25, 0.3) is 5.91 Å². The number of rotatable bonds is 2. The highest BCUT2D eigenvalue weighted by Gasteiger charge is 2.35. The van der Waals surface area contributed by atoms with Crippen LogP contribution in [-0.4, -0.2) is 27.9 Å². The lowest BCUT2D eigenvalue weighted by Crippen LogP contribution is -2.48. The molecule has 0 saturated heterocycles. The number of aliphatic carboxylic acids is 1. The minimum absolute atomic E-state index is 0.237. The van der Waals surface area contributed by atoms with Gasteiger partial charge in [-0.3, -0.25) is 4.79 Å². The zero-order chi connectivity index (χ0) is 15.0.